The molecule has 2 aliphatic rings. The summed E-state index contributed by atoms with van der Waals surface area (Å²) in [5.74, 6) is -0.168. The Morgan fingerprint density at radius 1 is 1.41 bits per heavy atom. The predicted octanol–water partition coefficient (Wildman–Crippen LogP) is 2.61. The van der Waals surface area contributed by atoms with Crippen molar-refractivity contribution in [2.45, 2.75) is 37.8 Å². The number of ether oxygens (including phenoxy) is 2. The molecule has 2 atom stereocenters. The first-order chi connectivity index (χ1) is 13.1. The zero-order valence-electron chi connectivity index (χ0n) is 15.4. The summed E-state index contributed by atoms with van der Waals surface area (Å²) in [6, 6.07) is 7.19. The molecule has 2 unspecified atom stereocenters. The van der Waals surface area contributed by atoms with E-state index in [0.29, 0.717) is 18.2 Å². The summed E-state index contributed by atoms with van der Waals surface area (Å²) in [5, 5.41) is 3.38. The molecule has 27 heavy (non-hydrogen) atoms. The number of morpholine rings is 1. The van der Waals surface area contributed by atoms with Gasteiger partial charge in [0.15, 0.2) is 5.76 Å². The largest absolute Gasteiger partial charge is 0.482 e. The zero-order valence-corrected chi connectivity index (χ0v) is 16.2. The minimum absolute atomic E-state index is 0.0277. The molecule has 2 amide bonds. The molecule has 7 heteroatoms. The van der Waals surface area contributed by atoms with Crippen LogP contribution in [0, 0.1) is 0 Å². The number of hydrogen-bond donors (Lipinski definition) is 1. The Balaban J connectivity index is 1.79. The van der Waals surface area contributed by atoms with E-state index in [2.05, 4.69) is 5.32 Å². The van der Waals surface area contributed by atoms with Gasteiger partial charge >= 0.3 is 0 Å². The van der Waals surface area contributed by atoms with Gasteiger partial charge in [0, 0.05) is 18.7 Å². The molecule has 1 aliphatic carbocycles. The molecule has 1 aromatic carbocycles. The van der Waals surface area contributed by atoms with Crippen molar-refractivity contribution in [3.8, 4) is 0 Å². The molecule has 1 heterocycles. The van der Waals surface area contributed by atoms with Crippen molar-refractivity contribution in [2.75, 3.05) is 26.8 Å². The van der Waals surface area contributed by atoms with Gasteiger partial charge < -0.3 is 19.7 Å². The van der Waals surface area contributed by atoms with E-state index in [9.17, 15) is 9.59 Å². The van der Waals surface area contributed by atoms with Crippen LogP contribution in [-0.4, -0.2) is 55.7 Å². The second-order valence-electron chi connectivity index (χ2n) is 6.85. The van der Waals surface area contributed by atoms with Gasteiger partial charge in [0.2, 0.25) is 5.91 Å². The molecule has 1 aliphatic heterocycles. The molecule has 0 aromatic heterocycles. The predicted molar refractivity (Wildman–Crippen MR) is 103 cm³/mol. The van der Waals surface area contributed by atoms with Crippen molar-refractivity contribution in [1.29, 1.82) is 0 Å². The molecule has 146 valence electrons. The summed E-state index contributed by atoms with van der Waals surface area (Å²) in [4.78, 5) is 27.0. The molecule has 0 bridgehead atoms. The third-order valence-corrected chi connectivity index (χ3v) is 5.14. The number of amides is 2. The maximum Gasteiger partial charge on any atom is 0.289 e. The van der Waals surface area contributed by atoms with Crippen molar-refractivity contribution >= 4 is 29.5 Å². The maximum atomic E-state index is 13.0. The summed E-state index contributed by atoms with van der Waals surface area (Å²) >= 11 is 6.04. The highest BCUT2D eigenvalue weighted by Crippen LogP contribution is 2.33. The van der Waals surface area contributed by atoms with Gasteiger partial charge in [0.1, 0.15) is 12.6 Å². The van der Waals surface area contributed by atoms with Gasteiger partial charge in [-0.2, -0.15) is 0 Å². The van der Waals surface area contributed by atoms with Gasteiger partial charge in [-0.15, -0.1) is 0 Å². The van der Waals surface area contributed by atoms with E-state index >= 15 is 0 Å². The number of fused-ring (bicyclic) bond motifs is 1. The summed E-state index contributed by atoms with van der Waals surface area (Å²) in [6.45, 7) is 0.891. The molecule has 0 radical (unpaired) electrons. The van der Waals surface area contributed by atoms with Crippen LogP contribution in [-0.2, 0) is 19.1 Å². The van der Waals surface area contributed by atoms with Crippen LogP contribution in [0.3, 0.4) is 0 Å². The number of hydrogen-bond acceptors (Lipinski definition) is 4. The topological polar surface area (TPSA) is 67.9 Å². The minimum atomic E-state index is -0.250. The Morgan fingerprint density at radius 3 is 3.00 bits per heavy atom. The van der Waals surface area contributed by atoms with E-state index in [-0.39, 0.29) is 36.3 Å². The highest BCUT2D eigenvalue weighted by Gasteiger charge is 2.42. The second-order valence-corrected chi connectivity index (χ2v) is 7.28. The zero-order chi connectivity index (χ0) is 19.2. The molecule has 3 rings (SSSR count). The molecular weight excluding hydrogens is 368 g/mol. The first kappa shape index (κ1) is 19.7. The van der Waals surface area contributed by atoms with Crippen LogP contribution in [0.25, 0.3) is 6.08 Å². The lowest BCUT2D eigenvalue weighted by atomic mass is 9.89. The van der Waals surface area contributed by atoms with Gasteiger partial charge in [-0.1, -0.05) is 30.2 Å². The number of rotatable bonds is 6. The van der Waals surface area contributed by atoms with E-state index < -0.39 is 0 Å². The lowest BCUT2D eigenvalue weighted by Gasteiger charge is -2.44. The Morgan fingerprint density at radius 2 is 2.22 bits per heavy atom. The van der Waals surface area contributed by atoms with Crippen molar-refractivity contribution in [2.24, 2.45) is 0 Å². The number of methoxy groups -OCH3 is 1. The highest BCUT2D eigenvalue weighted by molar-refractivity contribution is 6.30. The van der Waals surface area contributed by atoms with Crippen molar-refractivity contribution < 1.29 is 19.1 Å². The van der Waals surface area contributed by atoms with Crippen molar-refractivity contribution in [3.63, 3.8) is 0 Å². The van der Waals surface area contributed by atoms with Crippen LogP contribution >= 0.6 is 11.6 Å². The van der Waals surface area contributed by atoms with E-state index in [4.69, 9.17) is 21.1 Å². The van der Waals surface area contributed by atoms with Gasteiger partial charge in [-0.25, -0.2) is 0 Å². The standard InChI is InChI=1S/C20H25ClN2O4/c1-26-10-9-22-19(24)13-23-16-7-2-3-8-17(16)27-18(20(23)25)12-14-5-4-6-15(21)11-14/h4-6,11-12,16-17H,2-3,7-10,13H2,1H3,(H,22,24)/b18-12+. The molecule has 1 saturated heterocycles. The van der Waals surface area contributed by atoms with Gasteiger partial charge in [-0.3, -0.25) is 9.59 Å². The van der Waals surface area contributed by atoms with Gasteiger partial charge in [0.25, 0.3) is 5.91 Å². The second kappa shape index (κ2) is 9.24. The van der Waals surface area contributed by atoms with Crippen LogP contribution in [0.1, 0.15) is 31.2 Å². The SMILES string of the molecule is COCCNC(=O)CN1C(=O)/C(=C\c2cccc(Cl)c2)OC2CCCCC21. The van der Waals surface area contributed by atoms with Crippen LogP contribution in [0.4, 0.5) is 0 Å². The average molecular weight is 393 g/mol. The minimum Gasteiger partial charge on any atom is -0.482 e. The van der Waals surface area contributed by atoms with E-state index in [0.717, 1.165) is 31.2 Å². The maximum absolute atomic E-state index is 13.0. The average Bonchev–Trinajstić information content (AvgIpc) is 2.65. The first-order valence-electron chi connectivity index (χ1n) is 9.29. The quantitative estimate of drug-likeness (QED) is 0.597. The molecule has 6 nitrogen and oxygen atoms in total. The summed E-state index contributed by atoms with van der Waals surface area (Å²) in [6.07, 6.45) is 5.46. The molecule has 1 N–H and O–H groups in total. The smallest absolute Gasteiger partial charge is 0.289 e. The Bertz CT molecular complexity index is 722. The van der Waals surface area contributed by atoms with E-state index in [1.54, 1.807) is 30.2 Å². The van der Waals surface area contributed by atoms with Gasteiger partial charge in [0.05, 0.1) is 12.6 Å². The lowest BCUT2D eigenvalue weighted by molar-refractivity contribution is -0.151. The normalized spacial score (nSPS) is 23.7. The summed E-state index contributed by atoms with van der Waals surface area (Å²) in [7, 11) is 1.58. The number of nitrogens with one attached hydrogen (secondary N) is 1. The van der Waals surface area contributed by atoms with E-state index in [1.165, 1.54) is 0 Å². The monoisotopic (exact) mass is 392 g/mol. The highest BCUT2D eigenvalue weighted by atomic mass is 35.5. The first-order valence-corrected chi connectivity index (χ1v) is 9.67. The fourth-order valence-corrected chi connectivity index (χ4v) is 3.81. The molecular formula is C20H25ClN2O4. The Hall–Kier alpha value is -2.05. The number of carbonyl (C=O) groups excluding carboxylic acids is 2. The molecule has 1 aromatic rings. The Kier molecular flexibility index (Phi) is 6.74. The number of carbonyl (C=O) groups is 2. The van der Waals surface area contributed by atoms with Crippen LogP contribution in [0.2, 0.25) is 5.02 Å². The van der Waals surface area contributed by atoms with Crippen LogP contribution in [0.5, 0.6) is 0 Å². The van der Waals surface area contributed by atoms with Crippen molar-refractivity contribution in [1.82, 2.24) is 10.2 Å². The third-order valence-electron chi connectivity index (χ3n) is 4.91. The fourth-order valence-electron chi connectivity index (χ4n) is 3.61. The molecule has 0 spiro atoms. The Labute approximate surface area is 164 Å². The van der Waals surface area contributed by atoms with Crippen LogP contribution in [0.15, 0.2) is 30.0 Å². The van der Waals surface area contributed by atoms with Crippen molar-refractivity contribution in [3.05, 3.63) is 40.6 Å². The third kappa shape index (κ3) is 5.02. The van der Waals surface area contributed by atoms with E-state index in [1.807, 2.05) is 12.1 Å². The lowest BCUT2D eigenvalue weighted by Crippen LogP contribution is -2.57. The molecule has 1 saturated carbocycles. The summed E-state index contributed by atoms with van der Waals surface area (Å²) < 4.78 is 11.0. The summed E-state index contributed by atoms with van der Waals surface area (Å²) in [5.41, 5.74) is 0.796. The number of nitrogens with zero attached hydrogens (tertiary/aromatic N) is 1. The van der Waals surface area contributed by atoms with Gasteiger partial charge in [-0.05, 0) is 43.0 Å². The fraction of sp³-hybridized carbons (Fsp3) is 0.500. The van der Waals surface area contributed by atoms with Crippen LogP contribution < -0.4 is 5.32 Å². The molecule has 2 fully saturated rings. The number of benzene rings is 1. The number of halogens is 1.